The van der Waals surface area contributed by atoms with E-state index >= 15 is 0 Å². The third-order valence-corrected chi connectivity index (χ3v) is 5.57. The second-order valence-corrected chi connectivity index (χ2v) is 8.65. The molecule has 7 nitrogen and oxygen atoms in total. The number of amides is 1. The highest BCUT2D eigenvalue weighted by atomic mass is 16.5. The van der Waals surface area contributed by atoms with Crippen molar-refractivity contribution in [1.82, 2.24) is 15.5 Å². The van der Waals surface area contributed by atoms with Gasteiger partial charge in [-0.1, -0.05) is 11.2 Å². The van der Waals surface area contributed by atoms with E-state index in [1.54, 1.807) is 13.0 Å². The Morgan fingerprint density at radius 2 is 1.75 bits per heavy atom. The van der Waals surface area contributed by atoms with Crippen LogP contribution in [0.3, 0.4) is 0 Å². The minimum atomic E-state index is -0.256. The van der Waals surface area contributed by atoms with Gasteiger partial charge in [0, 0.05) is 42.8 Å². The quantitative estimate of drug-likeness (QED) is 0.648. The van der Waals surface area contributed by atoms with E-state index < -0.39 is 0 Å². The first kappa shape index (κ1) is 22.0. The molecule has 1 aliphatic rings. The monoisotopic (exact) mass is 434 g/mol. The van der Waals surface area contributed by atoms with Gasteiger partial charge in [-0.2, -0.15) is 0 Å². The number of aryl methyl sites for hydroxylation is 3. The van der Waals surface area contributed by atoms with Crippen molar-refractivity contribution in [2.24, 2.45) is 0 Å². The van der Waals surface area contributed by atoms with Crippen molar-refractivity contribution >= 4 is 11.6 Å². The van der Waals surface area contributed by atoms with Crippen LogP contribution in [0.25, 0.3) is 11.1 Å². The number of hydrogen-bond acceptors (Lipinski definition) is 6. The predicted molar refractivity (Wildman–Crippen MR) is 124 cm³/mol. The van der Waals surface area contributed by atoms with E-state index in [0.29, 0.717) is 12.3 Å². The van der Waals surface area contributed by atoms with Crippen LogP contribution in [0.4, 0.5) is 5.69 Å². The molecule has 0 aliphatic carbocycles. The molecule has 0 spiro atoms. The van der Waals surface area contributed by atoms with Gasteiger partial charge in [0.25, 0.3) is 5.91 Å². The molecule has 1 N–H and O–H groups in total. The molecule has 2 aromatic heterocycles. The van der Waals surface area contributed by atoms with Crippen LogP contribution in [0.5, 0.6) is 0 Å². The van der Waals surface area contributed by atoms with Crippen molar-refractivity contribution in [3.05, 3.63) is 64.8 Å². The third kappa shape index (κ3) is 4.99. The summed E-state index contributed by atoms with van der Waals surface area (Å²) >= 11 is 0. The molecule has 1 amide bonds. The lowest BCUT2D eigenvalue weighted by atomic mass is 9.97. The molecule has 2 atom stereocenters. The lowest BCUT2D eigenvalue weighted by molar-refractivity contribution is -0.00522. The fourth-order valence-corrected chi connectivity index (χ4v) is 4.32. The number of anilines is 1. The van der Waals surface area contributed by atoms with Gasteiger partial charge in [-0.05, 0) is 75.6 Å². The van der Waals surface area contributed by atoms with E-state index in [9.17, 15) is 4.79 Å². The second-order valence-electron chi connectivity index (χ2n) is 8.65. The number of pyridine rings is 1. The maximum atomic E-state index is 12.6. The third-order valence-electron chi connectivity index (χ3n) is 5.57. The SMILES string of the molecule is Cc1cc(-c2ccc(N3CC(C)OC(C)C3)cc2CNC(=O)c2cc(C)on2)cc(C)n1. The molecule has 1 saturated heterocycles. The van der Waals surface area contributed by atoms with Crippen molar-refractivity contribution in [1.29, 1.82) is 0 Å². The highest BCUT2D eigenvalue weighted by Crippen LogP contribution is 2.30. The fraction of sp³-hybridized carbons (Fsp3) is 0.400. The Hall–Kier alpha value is -3.19. The molecule has 168 valence electrons. The molecule has 2 unspecified atom stereocenters. The van der Waals surface area contributed by atoms with E-state index in [2.05, 4.69) is 64.5 Å². The fourth-order valence-electron chi connectivity index (χ4n) is 4.32. The summed E-state index contributed by atoms with van der Waals surface area (Å²) in [7, 11) is 0. The van der Waals surface area contributed by atoms with Crippen molar-refractivity contribution in [2.45, 2.75) is 53.4 Å². The lowest BCUT2D eigenvalue weighted by Gasteiger charge is -2.37. The zero-order chi connectivity index (χ0) is 22.8. The summed E-state index contributed by atoms with van der Waals surface area (Å²) < 4.78 is 10.9. The maximum absolute atomic E-state index is 12.6. The van der Waals surface area contributed by atoms with Crippen LogP contribution in [-0.4, -0.2) is 41.3 Å². The van der Waals surface area contributed by atoms with Crippen molar-refractivity contribution in [2.75, 3.05) is 18.0 Å². The molecule has 4 rings (SSSR count). The molecule has 1 aliphatic heterocycles. The van der Waals surface area contributed by atoms with Gasteiger partial charge < -0.3 is 19.5 Å². The molecular weight excluding hydrogens is 404 g/mol. The number of hydrogen-bond donors (Lipinski definition) is 1. The van der Waals surface area contributed by atoms with Crippen LogP contribution in [0.2, 0.25) is 0 Å². The first-order chi connectivity index (χ1) is 15.3. The Labute approximate surface area is 188 Å². The molecule has 1 fully saturated rings. The molecule has 0 bridgehead atoms. The topological polar surface area (TPSA) is 80.5 Å². The number of morpholine rings is 1. The number of benzene rings is 1. The van der Waals surface area contributed by atoms with Gasteiger partial charge in [-0.25, -0.2) is 0 Å². The number of carbonyl (C=O) groups is 1. The van der Waals surface area contributed by atoms with Crippen LogP contribution in [0, 0.1) is 20.8 Å². The Morgan fingerprint density at radius 1 is 1.06 bits per heavy atom. The summed E-state index contributed by atoms with van der Waals surface area (Å²) in [4.78, 5) is 19.4. The van der Waals surface area contributed by atoms with E-state index in [4.69, 9.17) is 9.26 Å². The number of nitrogens with zero attached hydrogens (tertiary/aromatic N) is 3. The van der Waals surface area contributed by atoms with Gasteiger partial charge in [-0.3, -0.25) is 9.78 Å². The van der Waals surface area contributed by atoms with Crippen molar-refractivity contribution < 1.29 is 14.1 Å². The summed E-state index contributed by atoms with van der Waals surface area (Å²) in [6.45, 7) is 12.0. The number of ether oxygens (including phenoxy) is 1. The number of rotatable bonds is 5. The van der Waals surface area contributed by atoms with E-state index in [1.165, 1.54) is 0 Å². The molecule has 32 heavy (non-hydrogen) atoms. The smallest absolute Gasteiger partial charge is 0.273 e. The predicted octanol–water partition coefficient (Wildman–Crippen LogP) is 4.21. The standard InChI is InChI=1S/C25H30N4O3/c1-15-8-20(9-16(2)27-15)23-7-6-22(29-13-18(4)31-19(5)14-29)11-21(23)12-26-25(30)24-10-17(3)32-28-24/h6-11,18-19H,12-14H2,1-5H3,(H,26,30). The van der Waals surface area contributed by atoms with Crippen LogP contribution in [0.15, 0.2) is 40.9 Å². The molecule has 0 radical (unpaired) electrons. The number of aromatic nitrogens is 2. The summed E-state index contributed by atoms with van der Waals surface area (Å²) in [6, 6.07) is 12.2. The molecule has 3 aromatic rings. The van der Waals surface area contributed by atoms with Crippen LogP contribution in [-0.2, 0) is 11.3 Å². The average Bonchev–Trinajstić information content (AvgIpc) is 3.17. The lowest BCUT2D eigenvalue weighted by Crippen LogP contribution is -2.45. The highest BCUT2D eigenvalue weighted by Gasteiger charge is 2.23. The van der Waals surface area contributed by atoms with Crippen LogP contribution in [0.1, 0.15) is 47.0 Å². The van der Waals surface area contributed by atoms with E-state index in [1.807, 2.05) is 13.8 Å². The summed E-state index contributed by atoms with van der Waals surface area (Å²) in [5.74, 6) is 0.352. The van der Waals surface area contributed by atoms with Crippen molar-refractivity contribution in [3.8, 4) is 11.1 Å². The van der Waals surface area contributed by atoms with Gasteiger partial charge in [0.2, 0.25) is 0 Å². The van der Waals surface area contributed by atoms with Gasteiger partial charge in [0.1, 0.15) is 5.76 Å². The number of carbonyl (C=O) groups excluding carboxylic acids is 1. The molecule has 7 heteroatoms. The van der Waals surface area contributed by atoms with Gasteiger partial charge in [0.15, 0.2) is 5.69 Å². The molecule has 3 heterocycles. The first-order valence-corrected chi connectivity index (χ1v) is 11.0. The summed E-state index contributed by atoms with van der Waals surface area (Å²) in [5.41, 5.74) is 6.54. The first-order valence-electron chi connectivity index (χ1n) is 11.0. The van der Waals surface area contributed by atoms with E-state index in [0.717, 1.165) is 46.9 Å². The molecular formula is C25H30N4O3. The highest BCUT2D eigenvalue weighted by molar-refractivity contribution is 5.92. The summed E-state index contributed by atoms with van der Waals surface area (Å²) in [6.07, 6.45) is 0.338. The van der Waals surface area contributed by atoms with Crippen molar-refractivity contribution in [3.63, 3.8) is 0 Å². The zero-order valence-corrected chi connectivity index (χ0v) is 19.3. The van der Waals surface area contributed by atoms with Gasteiger partial charge >= 0.3 is 0 Å². The van der Waals surface area contributed by atoms with Gasteiger partial charge in [-0.15, -0.1) is 0 Å². The Morgan fingerprint density at radius 3 is 2.38 bits per heavy atom. The Balaban J connectivity index is 1.66. The Kier molecular flexibility index (Phi) is 6.28. The van der Waals surface area contributed by atoms with Crippen LogP contribution < -0.4 is 10.2 Å². The van der Waals surface area contributed by atoms with Gasteiger partial charge in [0.05, 0.1) is 12.2 Å². The number of nitrogens with one attached hydrogen (secondary N) is 1. The second kappa shape index (κ2) is 9.12. The summed E-state index contributed by atoms with van der Waals surface area (Å²) in [5, 5.41) is 6.82. The average molecular weight is 435 g/mol. The minimum absolute atomic E-state index is 0.169. The largest absolute Gasteiger partial charge is 0.372 e. The zero-order valence-electron chi connectivity index (χ0n) is 19.3. The normalized spacial score (nSPS) is 18.6. The van der Waals surface area contributed by atoms with E-state index in [-0.39, 0.29) is 23.8 Å². The molecule has 0 saturated carbocycles. The Bertz CT molecular complexity index is 1090. The minimum Gasteiger partial charge on any atom is -0.372 e. The van der Waals surface area contributed by atoms with Crippen LogP contribution >= 0.6 is 0 Å². The molecule has 1 aromatic carbocycles. The maximum Gasteiger partial charge on any atom is 0.273 e.